The van der Waals surface area contributed by atoms with E-state index in [1.54, 1.807) is 0 Å². The van der Waals surface area contributed by atoms with Crippen LogP contribution in [0, 0.1) is 5.82 Å². The lowest BCUT2D eigenvalue weighted by Gasteiger charge is -2.02. The van der Waals surface area contributed by atoms with Gasteiger partial charge in [0, 0.05) is 11.4 Å². The highest BCUT2D eigenvalue weighted by Gasteiger charge is 2.09. The molecule has 0 saturated heterocycles. The maximum atomic E-state index is 12.8. The molecule has 1 rings (SSSR count). The first-order chi connectivity index (χ1) is 5.66. The Labute approximate surface area is 79.1 Å². The van der Waals surface area contributed by atoms with Gasteiger partial charge in [-0.05, 0) is 17.7 Å². The molecular weight excluding hydrogens is 202 g/mol. The second-order valence-corrected chi connectivity index (χ2v) is 2.98. The van der Waals surface area contributed by atoms with Crippen LogP contribution < -0.4 is 0 Å². The number of hydrogen-bond acceptors (Lipinski definition) is 1. The fraction of sp³-hybridized carbons (Fsp3) is 0.125. The molecule has 0 aliphatic carbocycles. The molecule has 4 heteroatoms. The van der Waals surface area contributed by atoms with Crippen molar-refractivity contribution in [1.82, 2.24) is 0 Å². The van der Waals surface area contributed by atoms with E-state index >= 15 is 0 Å². The van der Waals surface area contributed by atoms with Crippen LogP contribution in [-0.4, -0.2) is 6.29 Å². The Kier molecular flexibility index (Phi) is 3.06. The highest BCUT2D eigenvalue weighted by atomic mass is 35.5. The fourth-order valence-electron chi connectivity index (χ4n) is 0.840. The largest absolute Gasteiger partial charge is 0.303 e. The molecule has 0 unspecified atom stereocenters. The predicted molar refractivity (Wildman–Crippen MR) is 46.2 cm³/mol. The smallest absolute Gasteiger partial charge is 0.142 e. The molecule has 1 aromatic rings. The first-order valence-electron chi connectivity index (χ1n) is 3.23. The van der Waals surface area contributed by atoms with Gasteiger partial charge in [0.2, 0.25) is 0 Å². The van der Waals surface area contributed by atoms with E-state index in [1.807, 2.05) is 0 Å². The molecule has 12 heavy (non-hydrogen) atoms. The summed E-state index contributed by atoms with van der Waals surface area (Å²) in [6.07, 6.45) is 0.669. The molecule has 0 aliphatic heterocycles. The van der Waals surface area contributed by atoms with Crippen molar-refractivity contribution in [3.05, 3.63) is 33.6 Å². The van der Waals surface area contributed by atoms with Crippen molar-refractivity contribution in [2.24, 2.45) is 0 Å². The Morgan fingerprint density at radius 2 is 2.08 bits per heavy atom. The van der Waals surface area contributed by atoms with Gasteiger partial charge in [-0.3, -0.25) is 0 Å². The van der Waals surface area contributed by atoms with E-state index in [2.05, 4.69) is 0 Å². The normalized spacial score (nSPS) is 9.92. The Morgan fingerprint density at radius 3 is 2.67 bits per heavy atom. The summed E-state index contributed by atoms with van der Waals surface area (Å²) >= 11 is 11.2. The SMILES string of the molecule is O=CCc1c(Cl)ccc(F)c1Cl. The topological polar surface area (TPSA) is 17.1 Å². The van der Waals surface area contributed by atoms with Crippen LogP contribution in [0.25, 0.3) is 0 Å². The molecule has 0 N–H and O–H groups in total. The van der Waals surface area contributed by atoms with E-state index in [-0.39, 0.29) is 11.4 Å². The molecule has 0 bridgehead atoms. The zero-order valence-corrected chi connectivity index (χ0v) is 7.49. The first-order valence-corrected chi connectivity index (χ1v) is 3.98. The summed E-state index contributed by atoms with van der Waals surface area (Å²) in [6.45, 7) is 0. The summed E-state index contributed by atoms with van der Waals surface area (Å²) in [6, 6.07) is 2.54. The Morgan fingerprint density at radius 1 is 1.42 bits per heavy atom. The number of halogens is 3. The van der Waals surface area contributed by atoms with Gasteiger partial charge in [0.15, 0.2) is 0 Å². The van der Waals surface area contributed by atoms with Gasteiger partial charge in [0.05, 0.1) is 5.02 Å². The molecular formula is C8H5Cl2FO. The predicted octanol–water partition coefficient (Wildman–Crippen LogP) is 2.87. The summed E-state index contributed by atoms with van der Waals surface area (Å²) in [5, 5.41) is 0.239. The maximum absolute atomic E-state index is 12.8. The van der Waals surface area contributed by atoms with E-state index in [1.165, 1.54) is 12.1 Å². The molecule has 0 atom stereocenters. The number of rotatable bonds is 2. The van der Waals surface area contributed by atoms with Gasteiger partial charge < -0.3 is 4.79 Å². The molecule has 0 amide bonds. The number of carbonyl (C=O) groups excluding carboxylic acids is 1. The summed E-state index contributed by atoms with van der Waals surface area (Å²) in [5.74, 6) is -0.557. The van der Waals surface area contributed by atoms with Crippen molar-refractivity contribution in [1.29, 1.82) is 0 Å². The lowest BCUT2D eigenvalue weighted by Crippen LogP contribution is -1.91. The third-order valence-electron chi connectivity index (χ3n) is 1.43. The molecule has 1 aromatic carbocycles. The summed E-state index contributed by atoms with van der Waals surface area (Å²) in [5.41, 5.74) is 0.341. The van der Waals surface area contributed by atoms with Crippen LogP contribution in [0.4, 0.5) is 4.39 Å². The second-order valence-electron chi connectivity index (χ2n) is 2.19. The second kappa shape index (κ2) is 3.87. The van der Waals surface area contributed by atoms with Gasteiger partial charge in [-0.2, -0.15) is 0 Å². The first kappa shape index (κ1) is 9.49. The van der Waals surface area contributed by atoms with Crippen LogP contribution >= 0.6 is 23.2 Å². The van der Waals surface area contributed by atoms with Crippen molar-refractivity contribution < 1.29 is 9.18 Å². The summed E-state index contributed by atoms with van der Waals surface area (Å²) in [7, 11) is 0. The van der Waals surface area contributed by atoms with Crippen LogP contribution in [0.5, 0.6) is 0 Å². The van der Waals surface area contributed by atoms with Gasteiger partial charge in [0.25, 0.3) is 0 Å². The zero-order chi connectivity index (χ0) is 9.14. The summed E-state index contributed by atoms with van der Waals surface area (Å²) < 4.78 is 12.8. The van der Waals surface area contributed by atoms with Gasteiger partial charge in [-0.15, -0.1) is 0 Å². The van der Waals surface area contributed by atoms with Crippen LogP contribution in [0.2, 0.25) is 10.0 Å². The van der Waals surface area contributed by atoms with Crippen LogP contribution in [0.3, 0.4) is 0 Å². The number of hydrogen-bond donors (Lipinski definition) is 0. The van der Waals surface area contributed by atoms with Crippen LogP contribution in [-0.2, 0) is 11.2 Å². The van der Waals surface area contributed by atoms with E-state index < -0.39 is 5.82 Å². The molecule has 64 valence electrons. The van der Waals surface area contributed by atoms with Crippen molar-refractivity contribution >= 4 is 29.5 Å². The average Bonchev–Trinajstić information content (AvgIpc) is 2.06. The van der Waals surface area contributed by atoms with Crippen LogP contribution in [0.1, 0.15) is 5.56 Å². The van der Waals surface area contributed by atoms with E-state index in [0.717, 1.165) is 0 Å². The van der Waals surface area contributed by atoms with Crippen LogP contribution in [0.15, 0.2) is 12.1 Å². The molecule has 0 heterocycles. The minimum atomic E-state index is -0.557. The fourth-order valence-corrected chi connectivity index (χ4v) is 1.36. The highest BCUT2D eigenvalue weighted by molar-refractivity contribution is 6.36. The third kappa shape index (κ3) is 1.76. The van der Waals surface area contributed by atoms with Gasteiger partial charge >= 0.3 is 0 Å². The zero-order valence-electron chi connectivity index (χ0n) is 5.98. The van der Waals surface area contributed by atoms with E-state index in [9.17, 15) is 9.18 Å². The lowest BCUT2D eigenvalue weighted by molar-refractivity contribution is -0.107. The van der Waals surface area contributed by atoms with Gasteiger partial charge in [0.1, 0.15) is 12.1 Å². The van der Waals surface area contributed by atoms with E-state index in [4.69, 9.17) is 23.2 Å². The lowest BCUT2D eigenvalue weighted by atomic mass is 10.1. The molecule has 0 spiro atoms. The monoisotopic (exact) mass is 206 g/mol. The molecule has 0 aliphatic rings. The number of aldehydes is 1. The molecule has 0 saturated carbocycles. The number of carbonyl (C=O) groups is 1. The highest BCUT2D eigenvalue weighted by Crippen LogP contribution is 2.26. The average molecular weight is 207 g/mol. The minimum Gasteiger partial charge on any atom is -0.303 e. The maximum Gasteiger partial charge on any atom is 0.142 e. The van der Waals surface area contributed by atoms with Gasteiger partial charge in [-0.1, -0.05) is 23.2 Å². The molecule has 1 nitrogen and oxygen atoms in total. The Bertz CT molecular complexity index is 312. The quantitative estimate of drug-likeness (QED) is 0.538. The molecule has 0 radical (unpaired) electrons. The van der Waals surface area contributed by atoms with Crippen molar-refractivity contribution in [2.45, 2.75) is 6.42 Å². The standard InChI is InChI=1S/C8H5Cl2FO/c9-6-1-2-7(11)8(10)5(6)3-4-12/h1-2,4H,3H2. The summed E-state index contributed by atoms with van der Waals surface area (Å²) in [4.78, 5) is 10.2. The Hall–Kier alpha value is -0.600. The molecule has 0 aromatic heterocycles. The van der Waals surface area contributed by atoms with E-state index in [0.29, 0.717) is 16.9 Å². The molecule has 0 fully saturated rings. The third-order valence-corrected chi connectivity index (χ3v) is 2.19. The van der Waals surface area contributed by atoms with Gasteiger partial charge in [-0.25, -0.2) is 4.39 Å². The number of benzene rings is 1. The van der Waals surface area contributed by atoms with Crippen molar-refractivity contribution in [3.8, 4) is 0 Å². The minimum absolute atomic E-state index is 0.0371. The van der Waals surface area contributed by atoms with Crippen molar-refractivity contribution in [2.75, 3.05) is 0 Å². The Balaban J connectivity index is 3.22. The van der Waals surface area contributed by atoms with Crippen molar-refractivity contribution in [3.63, 3.8) is 0 Å².